The van der Waals surface area contributed by atoms with Gasteiger partial charge in [-0.05, 0) is 37.5 Å². The minimum absolute atomic E-state index is 0.0224. The zero-order valence-corrected chi connectivity index (χ0v) is 13.9. The second kappa shape index (κ2) is 7.19. The molecule has 23 heavy (non-hydrogen) atoms. The van der Waals surface area contributed by atoms with Crippen molar-refractivity contribution in [3.63, 3.8) is 0 Å². The SMILES string of the molecule is Cc1ccc2nc(CC(=O)CNC(=O)[C@@H]3CCCOC3)sc2c1. The number of nitrogens with zero attached hydrogens (tertiary/aromatic N) is 1. The smallest absolute Gasteiger partial charge is 0.225 e. The number of ketones is 1. The Hall–Kier alpha value is -1.79. The zero-order chi connectivity index (χ0) is 16.2. The van der Waals surface area contributed by atoms with E-state index in [1.54, 1.807) is 0 Å². The van der Waals surface area contributed by atoms with Crippen LogP contribution < -0.4 is 5.32 Å². The quantitative estimate of drug-likeness (QED) is 0.912. The number of carbonyl (C=O) groups excluding carboxylic acids is 2. The molecule has 1 fully saturated rings. The molecule has 1 aromatic carbocycles. The molecule has 1 saturated heterocycles. The third kappa shape index (κ3) is 4.14. The van der Waals surface area contributed by atoms with Gasteiger partial charge in [0.25, 0.3) is 0 Å². The van der Waals surface area contributed by atoms with Crippen LogP contribution in [0.4, 0.5) is 0 Å². The molecule has 0 unspecified atom stereocenters. The normalized spacial score (nSPS) is 18.0. The lowest BCUT2D eigenvalue weighted by atomic mass is 10.0. The lowest BCUT2D eigenvalue weighted by Gasteiger charge is -2.20. The molecule has 3 rings (SSSR count). The first kappa shape index (κ1) is 16.1. The minimum atomic E-state index is -0.123. The molecule has 1 amide bonds. The number of aryl methyl sites for hydroxylation is 1. The molecule has 1 aliphatic heterocycles. The molecule has 2 aromatic rings. The number of fused-ring (bicyclic) bond motifs is 1. The van der Waals surface area contributed by atoms with E-state index in [-0.39, 0.29) is 30.6 Å². The highest BCUT2D eigenvalue weighted by molar-refractivity contribution is 7.18. The maximum Gasteiger partial charge on any atom is 0.225 e. The number of amides is 1. The summed E-state index contributed by atoms with van der Waals surface area (Å²) in [5, 5.41) is 3.52. The number of rotatable bonds is 5. The second-order valence-electron chi connectivity index (χ2n) is 5.93. The summed E-state index contributed by atoms with van der Waals surface area (Å²) in [7, 11) is 0. The number of aromatic nitrogens is 1. The molecule has 1 N–H and O–H groups in total. The van der Waals surface area contributed by atoms with Crippen LogP contribution in [0.3, 0.4) is 0 Å². The van der Waals surface area contributed by atoms with E-state index in [0.29, 0.717) is 6.61 Å². The lowest BCUT2D eigenvalue weighted by Crippen LogP contribution is -2.38. The molecule has 1 aliphatic rings. The van der Waals surface area contributed by atoms with Crippen molar-refractivity contribution in [3.05, 3.63) is 28.8 Å². The molecule has 1 atom stereocenters. The van der Waals surface area contributed by atoms with Crippen LogP contribution in [0, 0.1) is 12.8 Å². The van der Waals surface area contributed by atoms with Crippen LogP contribution in [0.1, 0.15) is 23.4 Å². The molecular formula is C17H20N2O3S. The first-order valence-corrected chi connectivity index (χ1v) is 8.66. The van der Waals surface area contributed by atoms with Crippen LogP contribution in [-0.2, 0) is 20.7 Å². The van der Waals surface area contributed by atoms with Gasteiger partial charge < -0.3 is 10.1 Å². The Morgan fingerprint density at radius 3 is 3.09 bits per heavy atom. The summed E-state index contributed by atoms with van der Waals surface area (Å²) >= 11 is 1.54. The number of hydrogen-bond donors (Lipinski definition) is 1. The van der Waals surface area contributed by atoms with E-state index in [4.69, 9.17) is 4.74 Å². The maximum absolute atomic E-state index is 12.1. The summed E-state index contributed by atoms with van der Waals surface area (Å²) in [5.41, 5.74) is 2.10. The summed E-state index contributed by atoms with van der Waals surface area (Å²) in [5.74, 6) is -0.231. The third-order valence-corrected chi connectivity index (χ3v) is 4.95. The number of Topliss-reactive ketones (excluding diaryl/α,β-unsaturated/α-hetero) is 1. The van der Waals surface area contributed by atoms with Gasteiger partial charge in [0, 0.05) is 6.61 Å². The van der Waals surface area contributed by atoms with Crippen LogP contribution in [0.15, 0.2) is 18.2 Å². The van der Waals surface area contributed by atoms with Crippen LogP contribution in [0.5, 0.6) is 0 Å². The summed E-state index contributed by atoms with van der Waals surface area (Å²) in [6.45, 7) is 3.27. The van der Waals surface area contributed by atoms with Gasteiger partial charge in [-0.25, -0.2) is 4.98 Å². The van der Waals surface area contributed by atoms with Gasteiger partial charge in [-0.3, -0.25) is 9.59 Å². The van der Waals surface area contributed by atoms with Crippen LogP contribution in [0.2, 0.25) is 0 Å². The molecule has 5 nitrogen and oxygen atoms in total. The molecular weight excluding hydrogens is 312 g/mol. The molecule has 122 valence electrons. The van der Waals surface area contributed by atoms with Crippen molar-refractivity contribution in [1.82, 2.24) is 10.3 Å². The van der Waals surface area contributed by atoms with Gasteiger partial charge in [0.05, 0.1) is 35.7 Å². The molecule has 0 aliphatic carbocycles. The molecule has 0 bridgehead atoms. The summed E-state index contributed by atoms with van der Waals surface area (Å²) < 4.78 is 6.39. The molecule has 2 heterocycles. The highest BCUT2D eigenvalue weighted by atomic mass is 32.1. The van der Waals surface area contributed by atoms with Gasteiger partial charge in [-0.1, -0.05) is 6.07 Å². The number of benzene rings is 1. The molecule has 0 spiro atoms. The van der Waals surface area contributed by atoms with E-state index in [2.05, 4.69) is 16.4 Å². The number of thiazole rings is 1. The number of carbonyl (C=O) groups is 2. The van der Waals surface area contributed by atoms with Gasteiger partial charge in [-0.2, -0.15) is 0 Å². The van der Waals surface area contributed by atoms with E-state index in [1.807, 2.05) is 19.1 Å². The number of hydrogen-bond acceptors (Lipinski definition) is 5. The molecule has 1 aromatic heterocycles. The number of nitrogens with one attached hydrogen (secondary N) is 1. The van der Waals surface area contributed by atoms with E-state index in [1.165, 1.54) is 16.9 Å². The van der Waals surface area contributed by atoms with E-state index in [0.717, 1.165) is 34.7 Å². The van der Waals surface area contributed by atoms with Gasteiger partial charge in [-0.15, -0.1) is 11.3 Å². The van der Waals surface area contributed by atoms with Crippen molar-refractivity contribution in [1.29, 1.82) is 0 Å². The zero-order valence-electron chi connectivity index (χ0n) is 13.1. The molecule has 0 radical (unpaired) electrons. The Balaban J connectivity index is 1.52. The Labute approximate surface area is 139 Å². The highest BCUT2D eigenvalue weighted by Gasteiger charge is 2.22. The summed E-state index contributed by atoms with van der Waals surface area (Å²) in [6, 6.07) is 6.06. The monoisotopic (exact) mass is 332 g/mol. The van der Waals surface area contributed by atoms with Crippen molar-refractivity contribution in [3.8, 4) is 0 Å². The third-order valence-electron chi connectivity index (χ3n) is 3.93. The Morgan fingerprint density at radius 1 is 1.43 bits per heavy atom. The van der Waals surface area contributed by atoms with E-state index < -0.39 is 0 Å². The average molecular weight is 332 g/mol. The Bertz CT molecular complexity index is 720. The van der Waals surface area contributed by atoms with Gasteiger partial charge >= 0.3 is 0 Å². The maximum atomic E-state index is 12.1. The second-order valence-corrected chi connectivity index (χ2v) is 7.04. The minimum Gasteiger partial charge on any atom is -0.381 e. The van der Waals surface area contributed by atoms with Gasteiger partial charge in [0.1, 0.15) is 5.01 Å². The first-order valence-electron chi connectivity index (χ1n) is 7.85. The lowest BCUT2D eigenvalue weighted by molar-refractivity contribution is -0.131. The van der Waals surface area contributed by atoms with E-state index in [9.17, 15) is 9.59 Å². The summed E-state index contributed by atoms with van der Waals surface area (Å²) in [4.78, 5) is 28.5. The van der Waals surface area contributed by atoms with Crippen molar-refractivity contribution >= 4 is 33.2 Å². The Kier molecular flexibility index (Phi) is 5.03. The van der Waals surface area contributed by atoms with Crippen LogP contribution in [-0.4, -0.2) is 36.4 Å². The van der Waals surface area contributed by atoms with Crippen LogP contribution in [0.25, 0.3) is 10.2 Å². The molecule has 0 saturated carbocycles. The predicted octanol–water partition coefficient (Wildman–Crippen LogP) is 2.26. The fourth-order valence-electron chi connectivity index (χ4n) is 2.66. The van der Waals surface area contributed by atoms with Crippen molar-refractivity contribution in [2.24, 2.45) is 5.92 Å². The van der Waals surface area contributed by atoms with Crippen molar-refractivity contribution < 1.29 is 14.3 Å². The van der Waals surface area contributed by atoms with Gasteiger partial charge in [0.2, 0.25) is 5.91 Å². The van der Waals surface area contributed by atoms with Crippen molar-refractivity contribution in [2.75, 3.05) is 19.8 Å². The summed E-state index contributed by atoms with van der Waals surface area (Å²) in [6.07, 6.45) is 1.99. The molecule has 6 heteroatoms. The predicted molar refractivity (Wildman–Crippen MR) is 89.6 cm³/mol. The van der Waals surface area contributed by atoms with Crippen LogP contribution >= 0.6 is 11.3 Å². The fraction of sp³-hybridized carbons (Fsp3) is 0.471. The van der Waals surface area contributed by atoms with E-state index >= 15 is 0 Å². The first-order chi connectivity index (χ1) is 11.1. The standard InChI is InChI=1S/C17H20N2O3S/c1-11-4-5-14-15(7-11)23-16(19-14)8-13(20)9-18-17(21)12-3-2-6-22-10-12/h4-5,7,12H,2-3,6,8-10H2,1H3,(H,18,21)/t12-/m1/s1. The van der Waals surface area contributed by atoms with Gasteiger partial charge in [0.15, 0.2) is 5.78 Å². The number of ether oxygens (including phenoxy) is 1. The fourth-order valence-corrected chi connectivity index (χ4v) is 3.76. The highest BCUT2D eigenvalue weighted by Crippen LogP contribution is 2.23. The topological polar surface area (TPSA) is 68.3 Å². The average Bonchev–Trinajstić information content (AvgIpc) is 2.94. The van der Waals surface area contributed by atoms with Crippen molar-refractivity contribution in [2.45, 2.75) is 26.2 Å². The largest absolute Gasteiger partial charge is 0.381 e. The Morgan fingerprint density at radius 2 is 2.30 bits per heavy atom.